The van der Waals surface area contributed by atoms with Gasteiger partial charge in [-0.1, -0.05) is 327 Å². The molecule has 0 aliphatic carbocycles. The van der Waals surface area contributed by atoms with Crippen LogP contribution in [0.5, 0.6) is 34.5 Å². The maximum absolute atomic E-state index is 11.1. The lowest BCUT2D eigenvalue weighted by Gasteiger charge is -2.33. The second kappa shape index (κ2) is 39.6. The first-order valence-electron chi connectivity index (χ1n) is 40.7. The molecule has 9 aromatic carbocycles. The molecule has 0 bridgehead atoms. The molecule has 9 rings (SSSR count). The van der Waals surface area contributed by atoms with E-state index in [-0.39, 0.29) is 91.7 Å². The Kier molecular flexibility index (Phi) is 34.5. The van der Waals surface area contributed by atoms with Crippen molar-refractivity contribution in [2.24, 2.45) is 36.1 Å². The van der Waals surface area contributed by atoms with Crippen molar-refractivity contribution in [3.05, 3.63) is 235 Å². The topological polar surface area (TPSA) is 274 Å². The van der Waals surface area contributed by atoms with Crippen molar-refractivity contribution in [2.75, 3.05) is 17.2 Å². The molecule has 0 atom stereocenters. The summed E-state index contributed by atoms with van der Waals surface area (Å²) in [4.78, 5) is 0. The zero-order valence-electron chi connectivity index (χ0n) is 77.0. The van der Waals surface area contributed by atoms with Gasteiger partial charge in [-0.2, -0.15) is 10.2 Å². The fraction of sp³-hybridized carbons (Fsp3) is 0.476. The summed E-state index contributed by atoms with van der Waals surface area (Å²) < 4.78 is 0. The molecule has 0 aromatic heterocycles. The SMILES string of the molecule is C.C.CC(C)(C)CC(C)(C)c1ccc(O)c(CN=Nc2ccccc2N)c1.CC(C)(C)c1cc(C(C)(C)C)c(O)c(C(C)(C)C)c1.CC(C)(C)c1cc(Cc2cc(C(C)(C)C)c(O)c(C(C)(C)C)c2)cc(C(C)(C)C)c1O.CC(C)(C)c1cc(N=Nc2cc(Cl)ccc2N)c(O)c(C(C)(C)C)c1.Cc1ccc(O)c(N=Nc2ccccc2N)c1. The van der Waals surface area contributed by atoms with Crippen LogP contribution in [0.15, 0.2) is 182 Å². The summed E-state index contributed by atoms with van der Waals surface area (Å²) in [7, 11) is 0. The summed E-state index contributed by atoms with van der Waals surface area (Å²) in [6.07, 6.45) is 1.81. The number of aromatic hydroxyl groups is 6. The lowest BCUT2D eigenvalue weighted by Crippen LogP contribution is -2.24. The number of rotatable bonds is 11. The molecular formula is C103H150ClN9O6. The van der Waals surface area contributed by atoms with E-state index in [1.807, 2.05) is 67.6 Å². The molecule has 0 aliphatic heterocycles. The fourth-order valence-electron chi connectivity index (χ4n) is 13.5. The third-order valence-electron chi connectivity index (χ3n) is 20.1. The minimum atomic E-state index is -0.218. The van der Waals surface area contributed by atoms with Crippen molar-refractivity contribution in [1.82, 2.24) is 0 Å². The van der Waals surface area contributed by atoms with Crippen LogP contribution in [0.2, 0.25) is 5.02 Å². The molecule has 16 heteroatoms. The Morgan fingerprint density at radius 3 is 1.03 bits per heavy atom. The average Bonchev–Trinajstić information content (AvgIpc) is 0.763. The van der Waals surface area contributed by atoms with Gasteiger partial charge in [-0.25, -0.2) is 0 Å². The molecule has 12 N–H and O–H groups in total. The summed E-state index contributed by atoms with van der Waals surface area (Å²) in [5.41, 5.74) is 35.7. The van der Waals surface area contributed by atoms with Gasteiger partial charge in [0.25, 0.3) is 0 Å². The Balaban J connectivity index is 0.000000388. The van der Waals surface area contributed by atoms with Gasteiger partial charge in [0.05, 0.1) is 23.6 Å². The van der Waals surface area contributed by atoms with E-state index in [9.17, 15) is 30.6 Å². The minimum absolute atomic E-state index is 0. The predicted octanol–water partition coefficient (Wildman–Crippen LogP) is 30.7. The lowest BCUT2D eigenvalue weighted by molar-refractivity contribution is 0.284. The van der Waals surface area contributed by atoms with E-state index in [4.69, 9.17) is 28.8 Å². The molecule has 15 nitrogen and oxygen atoms in total. The van der Waals surface area contributed by atoms with Crippen LogP contribution in [0, 0.1) is 12.3 Å². The first kappa shape index (κ1) is 103. The van der Waals surface area contributed by atoms with E-state index in [1.165, 1.54) is 22.3 Å². The number of nitrogens with two attached hydrogens (primary N) is 3. The monoisotopic (exact) mass is 1640 g/mol. The van der Waals surface area contributed by atoms with Gasteiger partial charge in [0.2, 0.25) is 0 Å². The van der Waals surface area contributed by atoms with Crippen LogP contribution in [-0.4, -0.2) is 30.6 Å². The van der Waals surface area contributed by atoms with Crippen LogP contribution >= 0.6 is 11.6 Å². The third-order valence-corrected chi connectivity index (χ3v) is 20.4. The van der Waals surface area contributed by atoms with E-state index in [2.05, 4.69) is 289 Å². The second-order valence-electron chi connectivity index (χ2n) is 42.4. The quantitative estimate of drug-likeness (QED) is 0.0439. The molecule has 0 fully saturated rings. The molecular weight excluding hydrogens is 1490 g/mol. The van der Waals surface area contributed by atoms with Gasteiger partial charge < -0.3 is 47.8 Å². The van der Waals surface area contributed by atoms with Crippen molar-refractivity contribution in [3.63, 3.8) is 0 Å². The van der Waals surface area contributed by atoms with Crippen LogP contribution in [-0.2, 0) is 67.1 Å². The molecule has 0 heterocycles. The molecule has 9 aromatic rings. The van der Waals surface area contributed by atoms with Crippen LogP contribution < -0.4 is 17.2 Å². The number of benzene rings is 9. The Morgan fingerprint density at radius 1 is 0.303 bits per heavy atom. The van der Waals surface area contributed by atoms with Crippen LogP contribution in [0.1, 0.15) is 321 Å². The van der Waals surface area contributed by atoms with Crippen molar-refractivity contribution in [3.8, 4) is 34.5 Å². The van der Waals surface area contributed by atoms with Gasteiger partial charge in [-0.15, -0.1) is 20.5 Å². The smallest absolute Gasteiger partial charge is 0.146 e. The molecule has 0 saturated heterocycles. The van der Waals surface area contributed by atoms with Gasteiger partial charge >= 0.3 is 0 Å². The Hall–Kier alpha value is -9.73. The predicted molar refractivity (Wildman–Crippen MR) is 509 cm³/mol. The van der Waals surface area contributed by atoms with E-state index in [0.29, 0.717) is 74.3 Å². The molecule has 119 heavy (non-hydrogen) atoms. The van der Waals surface area contributed by atoms with Gasteiger partial charge in [-0.05, 0) is 219 Å². The van der Waals surface area contributed by atoms with Crippen LogP contribution in [0.4, 0.5) is 45.5 Å². The van der Waals surface area contributed by atoms with Gasteiger partial charge in [0, 0.05) is 16.1 Å². The highest BCUT2D eigenvalue weighted by atomic mass is 35.5. The van der Waals surface area contributed by atoms with E-state index in [1.54, 1.807) is 54.6 Å². The number of hydrogen-bond acceptors (Lipinski definition) is 15. The number of azo groups is 3. The van der Waals surface area contributed by atoms with Crippen molar-refractivity contribution < 1.29 is 30.6 Å². The summed E-state index contributed by atoms with van der Waals surface area (Å²) in [6, 6.07) is 47.4. The van der Waals surface area contributed by atoms with Crippen LogP contribution in [0.3, 0.4) is 0 Å². The van der Waals surface area contributed by atoms with Gasteiger partial charge in [0.1, 0.15) is 62.9 Å². The molecule has 0 aliphatic rings. The number of nitrogen functional groups attached to an aromatic ring is 3. The molecule has 0 unspecified atom stereocenters. The zero-order chi connectivity index (χ0) is 89.3. The fourth-order valence-corrected chi connectivity index (χ4v) is 13.6. The summed E-state index contributed by atoms with van der Waals surface area (Å²) in [6.45, 7) is 71.4. The highest BCUT2D eigenvalue weighted by Crippen LogP contribution is 2.48. The Morgan fingerprint density at radius 2 is 0.639 bits per heavy atom. The summed E-state index contributed by atoms with van der Waals surface area (Å²) in [5, 5.41) is 88.6. The zero-order valence-corrected chi connectivity index (χ0v) is 77.8. The number of phenolic OH excluding ortho intramolecular Hbond substituents is 6. The van der Waals surface area contributed by atoms with Gasteiger partial charge in [0.15, 0.2) is 0 Å². The number of phenols is 6. The number of halogens is 1. The molecule has 650 valence electrons. The first-order chi connectivity index (χ1) is 53.1. The van der Waals surface area contributed by atoms with E-state index in [0.717, 1.165) is 68.5 Å². The van der Waals surface area contributed by atoms with Crippen molar-refractivity contribution in [2.45, 2.75) is 317 Å². The maximum Gasteiger partial charge on any atom is 0.146 e. The highest BCUT2D eigenvalue weighted by molar-refractivity contribution is 6.31. The summed E-state index contributed by atoms with van der Waals surface area (Å²) >= 11 is 5.99. The largest absolute Gasteiger partial charge is 0.508 e. The number of nitrogens with zero attached hydrogens (tertiary/aromatic N) is 6. The molecule has 0 radical (unpaired) electrons. The third kappa shape index (κ3) is 30.2. The van der Waals surface area contributed by atoms with E-state index >= 15 is 0 Å². The van der Waals surface area contributed by atoms with Crippen LogP contribution in [0.25, 0.3) is 0 Å². The number of hydrogen-bond donors (Lipinski definition) is 9. The number of anilines is 3. The average molecular weight is 1650 g/mol. The second-order valence-corrected chi connectivity index (χ2v) is 42.8. The summed E-state index contributed by atoms with van der Waals surface area (Å²) in [5.74, 6) is 1.79. The molecule has 0 spiro atoms. The maximum atomic E-state index is 11.1. The molecule has 0 saturated carbocycles. The number of para-hydroxylation sites is 2. The first-order valence-corrected chi connectivity index (χ1v) is 41.1. The lowest BCUT2D eigenvalue weighted by atomic mass is 9.72. The molecule has 0 amide bonds. The Bertz CT molecular complexity index is 4810. The standard InChI is InChI=1S/C29H44O2.C21H29N3O.C20H26ClN3O.C18H30O.C13H13N3O.2CH4/c1-26(2,3)20-14-18(15-21(24(20)30)27(4,5)6)13-19-16-22(28(7,8)9)25(31)23(17-19)29(10,11)12;1-20(2,3)14-21(4,5)16-10-11-19(25)15(12-16)13-23-24-18-9-7-6-8-17(18)22;1-19(2,3)12-9-14(20(4,5)6)18(25)17(10-12)24-23-16-11-13(21)7-8-15(16)22;1-16(2,3)12-10-13(17(4,5)6)15(19)14(11-12)18(7,8)9;1-9-6-7-13(17)12(8-9)16-15-11-5-3-2-4-10(11)14;;/h14-17,30-31H,13H2,1-12H3;6-12,25H,13-14,22H2,1-5H3;7-11,25H,22H2,1-6H3;10-11,19H,1-9H3;2-8,17H,14H2,1H3;2*1H4. The Labute approximate surface area is 722 Å². The van der Waals surface area contributed by atoms with Gasteiger partial charge in [-0.3, -0.25) is 0 Å². The highest BCUT2D eigenvalue weighted by Gasteiger charge is 2.33. The van der Waals surface area contributed by atoms with Crippen molar-refractivity contribution >= 4 is 57.1 Å². The normalized spacial score (nSPS) is 12.6. The number of aryl methyl sites for hydroxylation is 1. The minimum Gasteiger partial charge on any atom is -0.508 e. The van der Waals surface area contributed by atoms with Crippen molar-refractivity contribution in [1.29, 1.82) is 0 Å². The van der Waals surface area contributed by atoms with E-state index < -0.39 is 0 Å².